The van der Waals surface area contributed by atoms with Crippen LogP contribution in [0.5, 0.6) is 0 Å². The minimum absolute atomic E-state index is 0.282. The molecule has 0 aromatic carbocycles. The second kappa shape index (κ2) is 3.67. The second-order valence-electron chi connectivity index (χ2n) is 5.50. The zero-order valence-corrected chi connectivity index (χ0v) is 9.42. The van der Waals surface area contributed by atoms with E-state index in [9.17, 15) is 4.79 Å². The summed E-state index contributed by atoms with van der Waals surface area (Å²) >= 11 is 0. The lowest BCUT2D eigenvalue weighted by Gasteiger charge is -2.24. The highest BCUT2D eigenvalue weighted by molar-refractivity contribution is 5.65. The van der Waals surface area contributed by atoms with Crippen LogP contribution in [-0.4, -0.2) is 29.8 Å². The quantitative estimate of drug-likeness (QED) is 0.658. The fourth-order valence-electron chi connectivity index (χ4n) is 2.85. The van der Waals surface area contributed by atoms with Gasteiger partial charge in [-0.3, -0.25) is 0 Å². The Balaban J connectivity index is 1.71. The van der Waals surface area contributed by atoms with Crippen LogP contribution in [0.15, 0.2) is 0 Å². The number of fused-ring (bicyclic) bond motifs is 1. The molecular weight excluding hydrogens is 192 g/mol. The van der Waals surface area contributed by atoms with Crippen molar-refractivity contribution in [2.24, 2.45) is 17.8 Å². The summed E-state index contributed by atoms with van der Waals surface area (Å²) in [7, 11) is 0. The highest BCUT2D eigenvalue weighted by atomic mass is 16.4. The maximum Gasteiger partial charge on any atom is 0.405 e. The van der Waals surface area contributed by atoms with Gasteiger partial charge in [0.1, 0.15) is 0 Å². The van der Waals surface area contributed by atoms with Gasteiger partial charge in [0, 0.05) is 5.54 Å². The number of hydrogen-bond acceptors (Lipinski definition) is 2. The predicted octanol–water partition coefficient (Wildman–Crippen LogP) is 1.28. The third kappa shape index (κ3) is 2.43. The first-order valence-electron chi connectivity index (χ1n) is 5.71. The third-order valence-electron chi connectivity index (χ3n) is 3.82. The van der Waals surface area contributed by atoms with Crippen molar-refractivity contribution >= 4 is 6.09 Å². The average Bonchev–Trinajstić information content (AvgIpc) is 2.55. The number of nitrogens with one attached hydrogen (secondary N) is 2. The van der Waals surface area contributed by atoms with Gasteiger partial charge >= 0.3 is 6.09 Å². The summed E-state index contributed by atoms with van der Waals surface area (Å²) in [6.07, 6.45) is 1.18. The summed E-state index contributed by atoms with van der Waals surface area (Å²) in [5, 5.41) is 14.6. The molecule has 3 N–H and O–H groups in total. The SMILES string of the molecule is CC(C)(CCC1C2CNCC12)NC(=O)O. The molecule has 1 amide bonds. The van der Waals surface area contributed by atoms with E-state index in [1.54, 1.807) is 0 Å². The largest absolute Gasteiger partial charge is 0.465 e. The first kappa shape index (κ1) is 10.7. The number of carboxylic acid groups (broad SMARTS) is 1. The van der Waals surface area contributed by atoms with E-state index in [1.165, 1.54) is 13.1 Å². The molecule has 1 aliphatic carbocycles. The molecule has 0 radical (unpaired) electrons. The maximum absolute atomic E-state index is 10.6. The molecule has 0 aromatic heterocycles. The molecule has 1 saturated heterocycles. The number of rotatable bonds is 4. The molecule has 2 rings (SSSR count). The highest BCUT2D eigenvalue weighted by Gasteiger charge is 2.52. The molecule has 2 unspecified atom stereocenters. The zero-order valence-electron chi connectivity index (χ0n) is 9.42. The van der Waals surface area contributed by atoms with Crippen LogP contribution in [0.3, 0.4) is 0 Å². The van der Waals surface area contributed by atoms with Gasteiger partial charge in [-0.2, -0.15) is 0 Å². The first-order chi connectivity index (χ1) is 6.99. The highest BCUT2D eigenvalue weighted by Crippen LogP contribution is 2.51. The van der Waals surface area contributed by atoms with Gasteiger partial charge in [0.25, 0.3) is 0 Å². The Morgan fingerprint density at radius 2 is 2.07 bits per heavy atom. The van der Waals surface area contributed by atoms with Gasteiger partial charge in [-0.1, -0.05) is 0 Å². The Morgan fingerprint density at radius 1 is 1.47 bits per heavy atom. The summed E-state index contributed by atoms with van der Waals surface area (Å²) in [5.74, 6) is 2.61. The fourth-order valence-corrected chi connectivity index (χ4v) is 2.85. The molecule has 2 fully saturated rings. The summed E-state index contributed by atoms with van der Waals surface area (Å²) in [4.78, 5) is 10.6. The van der Waals surface area contributed by atoms with E-state index >= 15 is 0 Å². The number of amides is 1. The lowest BCUT2D eigenvalue weighted by Crippen LogP contribution is -2.42. The molecule has 2 atom stereocenters. The van der Waals surface area contributed by atoms with Crippen molar-refractivity contribution in [2.45, 2.75) is 32.2 Å². The summed E-state index contributed by atoms with van der Waals surface area (Å²) < 4.78 is 0. The van der Waals surface area contributed by atoms with Gasteiger partial charge in [0.05, 0.1) is 0 Å². The van der Waals surface area contributed by atoms with Crippen LogP contribution in [-0.2, 0) is 0 Å². The van der Waals surface area contributed by atoms with E-state index in [0.29, 0.717) is 0 Å². The topological polar surface area (TPSA) is 61.4 Å². The monoisotopic (exact) mass is 212 g/mol. The molecule has 0 bridgehead atoms. The molecule has 15 heavy (non-hydrogen) atoms. The second-order valence-corrected chi connectivity index (χ2v) is 5.50. The van der Waals surface area contributed by atoms with Crippen LogP contribution in [0.25, 0.3) is 0 Å². The van der Waals surface area contributed by atoms with Crippen LogP contribution < -0.4 is 10.6 Å². The minimum atomic E-state index is -0.919. The molecule has 1 heterocycles. The van der Waals surface area contributed by atoms with Crippen LogP contribution in [0.4, 0.5) is 4.79 Å². The van der Waals surface area contributed by atoms with E-state index in [-0.39, 0.29) is 5.54 Å². The predicted molar refractivity (Wildman–Crippen MR) is 57.8 cm³/mol. The van der Waals surface area contributed by atoms with E-state index in [4.69, 9.17) is 5.11 Å². The lowest BCUT2D eigenvalue weighted by atomic mass is 9.96. The van der Waals surface area contributed by atoms with E-state index < -0.39 is 6.09 Å². The Hall–Kier alpha value is -0.770. The van der Waals surface area contributed by atoms with E-state index in [1.807, 2.05) is 13.8 Å². The molecule has 4 nitrogen and oxygen atoms in total. The van der Waals surface area contributed by atoms with Gasteiger partial charge in [-0.05, 0) is 57.5 Å². The number of piperidine rings is 1. The van der Waals surface area contributed by atoms with Gasteiger partial charge in [-0.15, -0.1) is 0 Å². The van der Waals surface area contributed by atoms with Crippen LogP contribution in [0, 0.1) is 17.8 Å². The summed E-state index contributed by atoms with van der Waals surface area (Å²) in [5.41, 5.74) is -0.282. The molecule has 4 heteroatoms. The summed E-state index contributed by atoms with van der Waals surface area (Å²) in [6, 6.07) is 0. The van der Waals surface area contributed by atoms with Crippen LogP contribution in [0.2, 0.25) is 0 Å². The summed E-state index contributed by atoms with van der Waals surface area (Å²) in [6.45, 7) is 6.25. The molecule has 0 aromatic rings. The van der Waals surface area contributed by atoms with Crippen molar-refractivity contribution in [3.8, 4) is 0 Å². The van der Waals surface area contributed by atoms with E-state index in [0.717, 1.165) is 30.6 Å². The Kier molecular flexibility index (Phi) is 2.63. The van der Waals surface area contributed by atoms with Crippen LogP contribution >= 0.6 is 0 Å². The van der Waals surface area contributed by atoms with Gasteiger partial charge < -0.3 is 15.7 Å². The normalized spacial score (nSPS) is 33.6. The zero-order chi connectivity index (χ0) is 11.1. The van der Waals surface area contributed by atoms with Crippen molar-refractivity contribution in [2.75, 3.05) is 13.1 Å². The fraction of sp³-hybridized carbons (Fsp3) is 0.909. The number of hydrogen-bond donors (Lipinski definition) is 3. The molecular formula is C11H20N2O2. The Labute approximate surface area is 90.4 Å². The molecule has 2 aliphatic rings. The van der Waals surface area contributed by atoms with Crippen molar-refractivity contribution < 1.29 is 9.90 Å². The molecule has 1 saturated carbocycles. The van der Waals surface area contributed by atoms with Crippen molar-refractivity contribution in [3.63, 3.8) is 0 Å². The lowest BCUT2D eigenvalue weighted by molar-refractivity contribution is 0.179. The van der Waals surface area contributed by atoms with Crippen molar-refractivity contribution in [1.29, 1.82) is 0 Å². The maximum atomic E-state index is 10.6. The van der Waals surface area contributed by atoms with Gasteiger partial charge in [0.2, 0.25) is 0 Å². The Bertz CT molecular complexity index is 255. The minimum Gasteiger partial charge on any atom is -0.465 e. The average molecular weight is 212 g/mol. The van der Waals surface area contributed by atoms with Gasteiger partial charge in [0.15, 0.2) is 0 Å². The van der Waals surface area contributed by atoms with Crippen LogP contribution in [0.1, 0.15) is 26.7 Å². The van der Waals surface area contributed by atoms with Crippen molar-refractivity contribution in [1.82, 2.24) is 10.6 Å². The third-order valence-corrected chi connectivity index (χ3v) is 3.82. The standard InChI is InChI=1S/C11H20N2O2/c1-11(2,13-10(14)15)4-3-7-8-5-12-6-9(7)8/h7-9,12-13H,3-6H2,1-2H3,(H,14,15). The van der Waals surface area contributed by atoms with Crippen molar-refractivity contribution in [3.05, 3.63) is 0 Å². The Morgan fingerprint density at radius 3 is 2.60 bits per heavy atom. The molecule has 86 valence electrons. The number of carbonyl (C=O) groups is 1. The molecule has 1 aliphatic heterocycles. The molecule has 0 spiro atoms. The van der Waals surface area contributed by atoms with Gasteiger partial charge in [-0.25, -0.2) is 4.79 Å². The first-order valence-corrected chi connectivity index (χ1v) is 5.71. The van der Waals surface area contributed by atoms with E-state index in [2.05, 4.69) is 10.6 Å². The smallest absolute Gasteiger partial charge is 0.405 e.